The van der Waals surface area contributed by atoms with E-state index in [0.717, 1.165) is 38.8 Å². The molecule has 3 fully saturated rings. The first-order valence-corrected chi connectivity index (χ1v) is 7.76. The standard InChI is InChI=1S/C15H23F2NO2/c16-15(17)8-13(15)9-18-3-1-11(2-4-18)12-5-10(6-12)7-14(19)20/h10-13H,1-9H2,(H,19,20). The van der Waals surface area contributed by atoms with Crippen molar-refractivity contribution < 1.29 is 18.7 Å². The van der Waals surface area contributed by atoms with E-state index in [4.69, 9.17) is 5.11 Å². The maximum atomic E-state index is 12.9. The summed E-state index contributed by atoms with van der Waals surface area (Å²) in [6.45, 7) is 2.45. The molecular weight excluding hydrogens is 264 g/mol. The monoisotopic (exact) mass is 287 g/mol. The first kappa shape index (κ1) is 14.2. The largest absolute Gasteiger partial charge is 0.481 e. The second-order valence-corrected chi connectivity index (χ2v) is 7.00. The lowest BCUT2D eigenvalue weighted by Gasteiger charge is -2.43. The van der Waals surface area contributed by atoms with Gasteiger partial charge in [-0.05, 0) is 56.5 Å². The van der Waals surface area contributed by atoms with Crippen LogP contribution in [0.1, 0.15) is 38.5 Å². The number of alkyl halides is 2. The SMILES string of the molecule is O=C(O)CC1CC(C2CCN(CC3CC3(F)F)CC2)C1. The number of nitrogens with zero attached hydrogens (tertiary/aromatic N) is 1. The second kappa shape index (κ2) is 5.24. The van der Waals surface area contributed by atoms with E-state index in [9.17, 15) is 13.6 Å². The van der Waals surface area contributed by atoms with E-state index in [1.165, 1.54) is 0 Å². The Bertz CT molecular complexity index is 374. The molecule has 1 aliphatic heterocycles. The molecule has 2 aliphatic carbocycles. The molecule has 0 aromatic heterocycles. The van der Waals surface area contributed by atoms with E-state index < -0.39 is 17.8 Å². The smallest absolute Gasteiger partial charge is 0.303 e. The Balaban J connectivity index is 1.34. The highest BCUT2D eigenvalue weighted by molar-refractivity contribution is 5.67. The Morgan fingerprint density at radius 3 is 2.30 bits per heavy atom. The lowest BCUT2D eigenvalue weighted by Crippen LogP contribution is -2.41. The normalized spacial score (nSPS) is 37.4. The third kappa shape index (κ3) is 3.13. The van der Waals surface area contributed by atoms with Gasteiger partial charge in [0.15, 0.2) is 0 Å². The maximum Gasteiger partial charge on any atom is 0.303 e. The molecule has 1 heterocycles. The molecular formula is C15H23F2NO2. The van der Waals surface area contributed by atoms with Gasteiger partial charge in [-0.1, -0.05) is 0 Å². The fourth-order valence-corrected chi connectivity index (χ4v) is 3.97. The highest BCUT2D eigenvalue weighted by atomic mass is 19.3. The van der Waals surface area contributed by atoms with Gasteiger partial charge in [-0.15, -0.1) is 0 Å². The number of likely N-dealkylation sites (tertiary alicyclic amines) is 1. The minimum atomic E-state index is -2.39. The molecule has 0 amide bonds. The van der Waals surface area contributed by atoms with Gasteiger partial charge in [0.25, 0.3) is 5.92 Å². The summed E-state index contributed by atoms with van der Waals surface area (Å²) in [5, 5.41) is 8.74. The van der Waals surface area contributed by atoms with Crippen molar-refractivity contribution in [3.63, 3.8) is 0 Å². The molecule has 0 aromatic rings. The predicted molar refractivity (Wildman–Crippen MR) is 70.7 cm³/mol. The van der Waals surface area contributed by atoms with Gasteiger partial charge in [-0.3, -0.25) is 4.79 Å². The first-order valence-electron chi connectivity index (χ1n) is 7.76. The summed E-state index contributed by atoms with van der Waals surface area (Å²) < 4.78 is 25.8. The van der Waals surface area contributed by atoms with Crippen LogP contribution >= 0.6 is 0 Å². The molecule has 1 N–H and O–H groups in total. The highest BCUT2D eigenvalue weighted by Gasteiger charge is 2.57. The Morgan fingerprint density at radius 2 is 1.80 bits per heavy atom. The molecule has 0 radical (unpaired) electrons. The molecule has 1 atom stereocenters. The van der Waals surface area contributed by atoms with Crippen molar-refractivity contribution in [3.05, 3.63) is 0 Å². The highest BCUT2D eigenvalue weighted by Crippen LogP contribution is 2.49. The van der Waals surface area contributed by atoms with Crippen molar-refractivity contribution in [3.8, 4) is 0 Å². The summed E-state index contributed by atoms with van der Waals surface area (Å²) in [6, 6.07) is 0. The molecule has 5 heteroatoms. The quantitative estimate of drug-likeness (QED) is 0.845. The average Bonchev–Trinajstić information content (AvgIpc) is 2.92. The lowest BCUT2D eigenvalue weighted by atomic mass is 9.65. The molecule has 0 bridgehead atoms. The second-order valence-electron chi connectivity index (χ2n) is 7.00. The topological polar surface area (TPSA) is 40.5 Å². The lowest BCUT2D eigenvalue weighted by molar-refractivity contribution is -0.139. The summed E-state index contributed by atoms with van der Waals surface area (Å²) in [5.74, 6) is -1.73. The first-order chi connectivity index (χ1) is 9.44. The van der Waals surface area contributed by atoms with Gasteiger partial charge in [0.2, 0.25) is 0 Å². The zero-order chi connectivity index (χ0) is 14.3. The van der Waals surface area contributed by atoms with Crippen LogP contribution in [0.5, 0.6) is 0 Å². The molecule has 1 unspecified atom stereocenters. The molecule has 1 saturated heterocycles. The van der Waals surface area contributed by atoms with Crippen LogP contribution in [0.2, 0.25) is 0 Å². The molecule has 3 nitrogen and oxygen atoms in total. The van der Waals surface area contributed by atoms with E-state index in [2.05, 4.69) is 4.90 Å². The number of aliphatic carboxylic acids is 1. The average molecular weight is 287 g/mol. The summed E-state index contributed by atoms with van der Waals surface area (Å²) in [5.41, 5.74) is 0. The number of piperidine rings is 1. The molecule has 114 valence electrons. The van der Waals surface area contributed by atoms with Gasteiger partial charge in [-0.2, -0.15) is 0 Å². The maximum absolute atomic E-state index is 12.9. The van der Waals surface area contributed by atoms with Crippen LogP contribution in [0, 0.1) is 23.7 Å². The Morgan fingerprint density at radius 1 is 1.20 bits per heavy atom. The zero-order valence-corrected chi connectivity index (χ0v) is 11.7. The number of rotatable bonds is 5. The van der Waals surface area contributed by atoms with E-state index >= 15 is 0 Å². The molecule has 20 heavy (non-hydrogen) atoms. The summed E-state index contributed by atoms with van der Waals surface area (Å²) in [6.07, 6.45) is 4.69. The Hall–Kier alpha value is -0.710. The van der Waals surface area contributed by atoms with Crippen LogP contribution in [0.15, 0.2) is 0 Å². The van der Waals surface area contributed by atoms with Gasteiger partial charge in [0, 0.05) is 25.3 Å². The van der Waals surface area contributed by atoms with E-state index in [-0.39, 0.29) is 6.42 Å². The molecule has 2 saturated carbocycles. The summed E-state index contributed by atoms with van der Waals surface area (Å²) in [4.78, 5) is 12.8. The molecule has 3 rings (SSSR count). The van der Waals surface area contributed by atoms with Crippen LogP contribution in [0.25, 0.3) is 0 Å². The number of carbonyl (C=O) groups is 1. The van der Waals surface area contributed by atoms with Gasteiger partial charge >= 0.3 is 5.97 Å². The van der Waals surface area contributed by atoms with E-state index in [0.29, 0.717) is 30.7 Å². The van der Waals surface area contributed by atoms with Crippen LogP contribution in [0.4, 0.5) is 8.78 Å². The number of carboxylic acids is 1. The van der Waals surface area contributed by atoms with Crippen molar-refractivity contribution in [1.82, 2.24) is 4.90 Å². The number of hydrogen-bond acceptors (Lipinski definition) is 2. The molecule has 3 aliphatic rings. The van der Waals surface area contributed by atoms with Crippen LogP contribution in [0.3, 0.4) is 0 Å². The van der Waals surface area contributed by atoms with E-state index in [1.54, 1.807) is 0 Å². The van der Waals surface area contributed by atoms with Gasteiger partial charge in [0.1, 0.15) is 0 Å². The van der Waals surface area contributed by atoms with Gasteiger partial charge in [-0.25, -0.2) is 8.78 Å². The fourth-order valence-electron chi connectivity index (χ4n) is 3.97. The van der Waals surface area contributed by atoms with Crippen molar-refractivity contribution in [1.29, 1.82) is 0 Å². The van der Waals surface area contributed by atoms with Crippen LogP contribution < -0.4 is 0 Å². The Kier molecular flexibility index (Phi) is 3.73. The third-order valence-corrected chi connectivity index (χ3v) is 5.47. The van der Waals surface area contributed by atoms with Crippen LogP contribution in [-0.2, 0) is 4.79 Å². The van der Waals surface area contributed by atoms with Crippen molar-refractivity contribution in [2.24, 2.45) is 23.7 Å². The minimum Gasteiger partial charge on any atom is -0.481 e. The number of halogens is 2. The number of carboxylic acid groups (broad SMARTS) is 1. The summed E-state index contributed by atoms with van der Waals surface area (Å²) in [7, 11) is 0. The molecule has 0 spiro atoms. The number of hydrogen-bond donors (Lipinski definition) is 1. The van der Waals surface area contributed by atoms with Crippen molar-refractivity contribution >= 4 is 5.97 Å². The minimum absolute atomic E-state index is 0.0758. The van der Waals surface area contributed by atoms with E-state index in [1.807, 2.05) is 0 Å². The van der Waals surface area contributed by atoms with Crippen molar-refractivity contribution in [2.45, 2.75) is 44.4 Å². The van der Waals surface area contributed by atoms with Crippen molar-refractivity contribution in [2.75, 3.05) is 19.6 Å². The Labute approximate surface area is 118 Å². The molecule has 0 aromatic carbocycles. The van der Waals surface area contributed by atoms with Gasteiger partial charge < -0.3 is 10.0 Å². The third-order valence-electron chi connectivity index (χ3n) is 5.47. The fraction of sp³-hybridized carbons (Fsp3) is 0.933. The van der Waals surface area contributed by atoms with Gasteiger partial charge in [0.05, 0.1) is 0 Å². The zero-order valence-electron chi connectivity index (χ0n) is 11.7. The van der Waals surface area contributed by atoms with Crippen LogP contribution in [-0.4, -0.2) is 41.5 Å². The summed E-state index contributed by atoms with van der Waals surface area (Å²) >= 11 is 0. The predicted octanol–water partition coefficient (Wildman–Crippen LogP) is 2.85.